The second kappa shape index (κ2) is 11.0. The van der Waals surface area contributed by atoms with Crippen LogP contribution in [0.2, 0.25) is 0 Å². The number of esters is 2. The summed E-state index contributed by atoms with van der Waals surface area (Å²) in [7, 11) is -3.46. The van der Waals surface area contributed by atoms with Gasteiger partial charge in [-0.25, -0.2) is 4.79 Å². The van der Waals surface area contributed by atoms with E-state index < -0.39 is 30.8 Å². The smallest absolute Gasteiger partial charge is 0.352 e. The normalized spacial score (nSPS) is 12.5. The first-order valence-electron chi connectivity index (χ1n) is 11.1. The predicted molar refractivity (Wildman–Crippen MR) is 146 cm³/mol. The summed E-state index contributed by atoms with van der Waals surface area (Å²) in [6.45, 7) is 8.39. The van der Waals surface area contributed by atoms with Gasteiger partial charge in [-0.05, 0) is 62.4 Å². The number of ether oxygens (including phenoxy) is 3. The van der Waals surface area contributed by atoms with E-state index in [1.165, 1.54) is 13.8 Å². The van der Waals surface area contributed by atoms with Gasteiger partial charge in [0.25, 0.3) is 0 Å². The molecule has 0 N–H and O–H groups in total. The third-order valence-corrected chi connectivity index (χ3v) is 9.52. The molecule has 0 aliphatic heterocycles. The molecule has 184 valence electrons. The highest BCUT2D eigenvalue weighted by molar-refractivity contribution is 14.1. The van der Waals surface area contributed by atoms with Crippen LogP contribution in [0.3, 0.4) is 0 Å². The fourth-order valence-electron chi connectivity index (χ4n) is 3.48. The number of hydrogen-bond acceptors (Lipinski definition) is 6. The van der Waals surface area contributed by atoms with Gasteiger partial charge in [-0.15, -0.1) is 0 Å². The Balaban J connectivity index is 2.26. The van der Waals surface area contributed by atoms with Crippen molar-refractivity contribution in [3.8, 4) is 11.5 Å². The Morgan fingerprint density at radius 2 is 1.34 bits per heavy atom. The molecular formula is C27H28IO6P. The Labute approximate surface area is 219 Å². The molecule has 0 aliphatic rings. The van der Waals surface area contributed by atoms with Crippen LogP contribution in [0.4, 0.5) is 0 Å². The molecule has 0 fully saturated rings. The monoisotopic (exact) mass is 606 g/mol. The van der Waals surface area contributed by atoms with E-state index in [9.17, 15) is 9.59 Å². The van der Waals surface area contributed by atoms with Gasteiger partial charge in [-0.2, -0.15) is 0 Å². The summed E-state index contributed by atoms with van der Waals surface area (Å²) < 4.78 is 32.5. The second-order valence-corrected chi connectivity index (χ2v) is 12.7. The minimum atomic E-state index is -3.46. The zero-order chi connectivity index (χ0) is 25.8. The molecule has 0 heterocycles. The number of rotatable bonds is 7. The molecule has 35 heavy (non-hydrogen) atoms. The van der Waals surface area contributed by atoms with E-state index in [1.807, 2.05) is 104 Å². The number of carbonyl (C=O) groups excluding carboxylic acids is 2. The van der Waals surface area contributed by atoms with E-state index in [2.05, 4.69) is 0 Å². The summed E-state index contributed by atoms with van der Waals surface area (Å²) in [6, 6.07) is 21.7. The highest BCUT2D eigenvalue weighted by atomic mass is 127. The molecule has 0 aromatic heterocycles. The summed E-state index contributed by atoms with van der Waals surface area (Å²) in [5.41, 5.74) is -0.571. The molecule has 3 aromatic rings. The summed E-state index contributed by atoms with van der Waals surface area (Å²) in [5, 5.41) is 1.69. The minimum absolute atomic E-state index is 0.206. The topological polar surface area (TPSA) is 78.9 Å². The van der Waals surface area contributed by atoms with Crippen LogP contribution < -0.4 is 25.4 Å². The fourth-order valence-corrected chi connectivity index (χ4v) is 7.87. The van der Waals surface area contributed by atoms with E-state index in [4.69, 9.17) is 14.2 Å². The molecule has 0 saturated carbocycles. The zero-order valence-electron chi connectivity index (χ0n) is 20.3. The van der Waals surface area contributed by atoms with Crippen LogP contribution in [0.5, 0.6) is 11.5 Å². The molecular weight excluding hydrogens is 578 g/mol. The minimum Gasteiger partial charge on any atom is -0.487 e. The van der Waals surface area contributed by atoms with Crippen LogP contribution in [-0.2, 0) is 18.9 Å². The van der Waals surface area contributed by atoms with E-state index >= 15 is 4.57 Å². The molecule has 0 aliphatic carbocycles. The Kier molecular flexibility index (Phi) is 8.44. The van der Waals surface area contributed by atoms with Crippen molar-refractivity contribution < 1.29 is 28.4 Å². The summed E-state index contributed by atoms with van der Waals surface area (Å²) in [5.74, 6) is -0.678. The van der Waals surface area contributed by atoms with Gasteiger partial charge in [-0.1, -0.05) is 60.7 Å². The van der Waals surface area contributed by atoms with Crippen LogP contribution in [0, 0.1) is 3.57 Å². The van der Waals surface area contributed by atoms with Crippen molar-refractivity contribution in [2.75, 3.05) is 0 Å². The van der Waals surface area contributed by atoms with Gasteiger partial charge in [0.2, 0.25) is 0 Å². The predicted octanol–water partition coefficient (Wildman–Crippen LogP) is 4.96. The number of carbonyl (C=O) groups is 2. The molecule has 3 rings (SSSR count). The van der Waals surface area contributed by atoms with Crippen molar-refractivity contribution in [3.05, 3.63) is 76.4 Å². The lowest BCUT2D eigenvalue weighted by molar-refractivity contribution is -0.159. The van der Waals surface area contributed by atoms with Gasteiger partial charge < -0.3 is 18.8 Å². The summed E-state index contributed by atoms with van der Waals surface area (Å²) in [4.78, 5) is 23.9. The summed E-state index contributed by atoms with van der Waals surface area (Å²) >= 11 is 2.04. The standard InChI is InChI=1S/C27H28IO6P/c1-18(32-19(2)29)26(30)33-22-16-17-23(34-27(3,4)5)25(24(22)28)35(31,20-12-8-6-9-13-20)21-14-10-7-11-15-21/h6-18H,1-5H3/t18-/m0/s1. The molecule has 0 bridgehead atoms. The van der Waals surface area contributed by atoms with Crippen molar-refractivity contribution >= 4 is 57.6 Å². The van der Waals surface area contributed by atoms with E-state index in [0.29, 0.717) is 25.2 Å². The SMILES string of the molecule is CC(=O)O[C@@H](C)C(=O)Oc1ccc(OC(C)(C)C)c(P(=O)(c2ccccc2)c2ccccc2)c1I. The third-order valence-electron chi connectivity index (χ3n) is 4.90. The Hall–Kier alpha value is -2.64. The van der Waals surface area contributed by atoms with Crippen molar-refractivity contribution in [1.82, 2.24) is 0 Å². The van der Waals surface area contributed by atoms with E-state index in [1.54, 1.807) is 12.1 Å². The lowest BCUT2D eigenvalue weighted by Gasteiger charge is -2.29. The quantitative estimate of drug-likeness (QED) is 0.164. The van der Waals surface area contributed by atoms with Gasteiger partial charge >= 0.3 is 11.9 Å². The Bertz CT molecular complexity index is 1210. The molecule has 0 unspecified atom stereocenters. The van der Waals surface area contributed by atoms with Gasteiger partial charge in [0, 0.05) is 17.5 Å². The fraction of sp³-hybridized carbons (Fsp3) is 0.259. The van der Waals surface area contributed by atoms with Crippen molar-refractivity contribution in [3.63, 3.8) is 0 Å². The van der Waals surface area contributed by atoms with Crippen LogP contribution in [0.15, 0.2) is 72.8 Å². The first kappa shape index (κ1) is 27.0. The second-order valence-electron chi connectivity index (χ2n) is 8.89. The molecule has 1 atom stereocenters. The Morgan fingerprint density at radius 3 is 1.80 bits per heavy atom. The van der Waals surface area contributed by atoms with Crippen molar-refractivity contribution in [2.45, 2.75) is 46.3 Å². The number of halogens is 1. The average molecular weight is 606 g/mol. The van der Waals surface area contributed by atoms with Crippen LogP contribution >= 0.6 is 29.7 Å². The average Bonchev–Trinajstić information content (AvgIpc) is 2.80. The van der Waals surface area contributed by atoms with Gasteiger partial charge in [0.05, 0.1) is 8.87 Å². The number of hydrogen-bond donors (Lipinski definition) is 0. The van der Waals surface area contributed by atoms with Gasteiger partial charge in [-0.3, -0.25) is 4.79 Å². The maximum atomic E-state index is 15.2. The maximum Gasteiger partial charge on any atom is 0.352 e. The van der Waals surface area contributed by atoms with E-state index in [-0.39, 0.29) is 5.75 Å². The Morgan fingerprint density at radius 1 is 0.857 bits per heavy atom. The molecule has 3 aromatic carbocycles. The van der Waals surface area contributed by atoms with Gasteiger partial charge in [0.1, 0.15) is 17.1 Å². The van der Waals surface area contributed by atoms with Crippen LogP contribution in [0.25, 0.3) is 0 Å². The van der Waals surface area contributed by atoms with Crippen LogP contribution in [0.1, 0.15) is 34.6 Å². The lowest BCUT2D eigenvalue weighted by atomic mass is 10.2. The maximum absolute atomic E-state index is 15.2. The molecule has 0 amide bonds. The highest BCUT2D eigenvalue weighted by Crippen LogP contribution is 2.48. The molecule has 0 spiro atoms. The van der Waals surface area contributed by atoms with Crippen LogP contribution in [-0.4, -0.2) is 23.6 Å². The van der Waals surface area contributed by atoms with E-state index in [0.717, 1.165) is 0 Å². The largest absolute Gasteiger partial charge is 0.487 e. The molecule has 6 nitrogen and oxygen atoms in total. The third kappa shape index (κ3) is 6.33. The summed E-state index contributed by atoms with van der Waals surface area (Å²) in [6.07, 6.45) is -1.09. The number of benzene rings is 3. The van der Waals surface area contributed by atoms with Gasteiger partial charge in [0.15, 0.2) is 13.2 Å². The van der Waals surface area contributed by atoms with Crippen molar-refractivity contribution in [1.29, 1.82) is 0 Å². The molecule has 0 radical (unpaired) electrons. The molecule has 8 heteroatoms. The first-order valence-corrected chi connectivity index (χ1v) is 13.8. The highest BCUT2D eigenvalue weighted by Gasteiger charge is 2.37. The van der Waals surface area contributed by atoms with Crippen molar-refractivity contribution in [2.24, 2.45) is 0 Å². The zero-order valence-corrected chi connectivity index (χ0v) is 23.3. The molecule has 0 saturated heterocycles. The first-order chi connectivity index (χ1) is 16.4. The lowest BCUT2D eigenvalue weighted by Crippen LogP contribution is -2.33.